The summed E-state index contributed by atoms with van der Waals surface area (Å²) in [6.07, 6.45) is 2.42. The first kappa shape index (κ1) is 15.6. The van der Waals surface area contributed by atoms with E-state index in [1.165, 1.54) is 29.6 Å². The molecular weight excluding hydrogens is 302 g/mol. The zero-order chi connectivity index (χ0) is 14.8. The van der Waals surface area contributed by atoms with Crippen LogP contribution in [0.25, 0.3) is 0 Å². The van der Waals surface area contributed by atoms with Crippen LogP contribution in [0.4, 0.5) is 0 Å². The molecule has 1 aliphatic rings. The average molecular weight is 320 g/mol. The van der Waals surface area contributed by atoms with Crippen molar-refractivity contribution in [3.63, 3.8) is 0 Å². The maximum absolute atomic E-state index is 12.6. The molecule has 0 aliphatic carbocycles. The first-order valence-corrected chi connectivity index (χ1v) is 8.28. The van der Waals surface area contributed by atoms with E-state index in [1.807, 2.05) is 0 Å². The highest BCUT2D eigenvalue weighted by atomic mass is 35.5. The Morgan fingerprint density at radius 2 is 2.20 bits per heavy atom. The van der Waals surface area contributed by atoms with Gasteiger partial charge in [0.1, 0.15) is 5.75 Å². The highest BCUT2D eigenvalue weighted by molar-refractivity contribution is 7.89. The predicted octanol–water partition coefficient (Wildman–Crippen LogP) is 1.88. The van der Waals surface area contributed by atoms with Gasteiger partial charge in [-0.05, 0) is 31.0 Å². The number of hydrogen-bond donors (Lipinski definition) is 1. The summed E-state index contributed by atoms with van der Waals surface area (Å²) in [5.74, 6) is 0.433. The van der Waals surface area contributed by atoms with Crippen LogP contribution in [0.2, 0.25) is 5.02 Å². The lowest BCUT2D eigenvalue weighted by Crippen LogP contribution is -2.45. The fourth-order valence-corrected chi connectivity index (χ4v) is 4.45. The van der Waals surface area contributed by atoms with Crippen LogP contribution in [-0.4, -0.2) is 44.1 Å². The number of hydrogen-bond acceptors (Lipinski definition) is 4. The van der Waals surface area contributed by atoms with Crippen molar-refractivity contribution < 1.29 is 18.3 Å². The smallest absolute Gasteiger partial charge is 0.243 e. The van der Waals surface area contributed by atoms with Crippen molar-refractivity contribution in [2.24, 2.45) is 0 Å². The molecule has 7 heteroatoms. The molecule has 1 N–H and O–H groups in total. The van der Waals surface area contributed by atoms with Crippen LogP contribution in [0, 0.1) is 0 Å². The van der Waals surface area contributed by atoms with Gasteiger partial charge in [-0.3, -0.25) is 0 Å². The second-order valence-electron chi connectivity index (χ2n) is 4.74. The minimum absolute atomic E-state index is 0.128. The monoisotopic (exact) mass is 319 g/mol. The molecule has 1 aliphatic heterocycles. The molecule has 0 amide bonds. The van der Waals surface area contributed by atoms with Crippen molar-refractivity contribution in [2.75, 3.05) is 20.3 Å². The second kappa shape index (κ2) is 6.30. The number of rotatable bonds is 4. The summed E-state index contributed by atoms with van der Waals surface area (Å²) in [5, 5.41) is 9.61. The minimum Gasteiger partial charge on any atom is -0.495 e. The summed E-state index contributed by atoms with van der Waals surface area (Å²) in [5.41, 5.74) is 0. The van der Waals surface area contributed by atoms with Crippen LogP contribution >= 0.6 is 11.6 Å². The summed E-state index contributed by atoms with van der Waals surface area (Å²) < 4.78 is 31.6. The first-order valence-electron chi connectivity index (χ1n) is 6.47. The molecular formula is C13H18ClNO4S. The number of piperidine rings is 1. The number of aliphatic hydroxyl groups is 1. The summed E-state index contributed by atoms with van der Waals surface area (Å²) in [6, 6.07) is 4.05. The van der Waals surface area contributed by atoms with E-state index in [9.17, 15) is 13.5 Å². The van der Waals surface area contributed by atoms with Gasteiger partial charge in [-0.2, -0.15) is 4.31 Å². The maximum atomic E-state index is 12.6. The van der Waals surface area contributed by atoms with E-state index < -0.39 is 10.0 Å². The fraction of sp³-hybridized carbons (Fsp3) is 0.538. The van der Waals surface area contributed by atoms with E-state index in [0.717, 1.165) is 12.8 Å². The normalized spacial score (nSPS) is 20.9. The van der Waals surface area contributed by atoms with Gasteiger partial charge in [0.25, 0.3) is 0 Å². The molecule has 2 rings (SSSR count). The summed E-state index contributed by atoms with van der Waals surface area (Å²) in [7, 11) is -2.16. The fourth-order valence-electron chi connectivity index (χ4n) is 2.42. The summed E-state index contributed by atoms with van der Waals surface area (Å²) in [6.45, 7) is 0.264. The molecule has 1 unspecified atom stereocenters. The predicted molar refractivity (Wildman–Crippen MR) is 76.6 cm³/mol. The van der Waals surface area contributed by atoms with Crippen LogP contribution < -0.4 is 4.74 Å². The van der Waals surface area contributed by atoms with Crippen LogP contribution in [0.5, 0.6) is 5.75 Å². The third-order valence-corrected chi connectivity index (χ3v) is 5.76. The van der Waals surface area contributed by atoms with Gasteiger partial charge in [0.05, 0.1) is 23.6 Å². The molecule has 1 heterocycles. The topological polar surface area (TPSA) is 66.8 Å². The molecule has 20 heavy (non-hydrogen) atoms. The van der Waals surface area contributed by atoms with Crippen molar-refractivity contribution in [1.82, 2.24) is 4.31 Å². The standard InChI is InChI=1S/C13H18ClNO4S/c1-19-13-6-5-11(8-12(13)14)20(17,18)15-7-3-2-4-10(15)9-16/h5-6,8,10,16H,2-4,7,9H2,1H3. The molecule has 0 saturated carbocycles. The largest absolute Gasteiger partial charge is 0.495 e. The Kier molecular flexibility index (Phi) is 4.90. The van der Waals surface area contributed by atoms with Crippen molar-refractivity contribution in [3.8, 4) is 5.75 Å². The van der Waals surface area contributed by atoms with E-state index in [4.69, 9.17) is 16.3 Å². The number of benzene rings is 1. The van der Waals surface area contributed by atoms with Gasteiger partial charge in [0, 0.05) is 12.6 Å². The highest BCUT2D eigenvalue weighted by Crippen LogP contribution is 2.30. The Labute approximate surface area is 124 Å². The minimum atomic E-state index is -3.64. The molecule has 0 radical (unpaired) electrons. The van der Waals surface area contributed by atoms with Crippen molar-refractivity contribution in [1.29, 1.82) is 0 Å². The van der Waals surface area contributed by atoms with E-state index in [-0.39, 0.29) is 22.6 Å². The van der Waals surface area contributed by atoms with E-state index in [2.05, 4.69) is 0 Å². The Hall–Kier alpha value is -0.820. The molecule has 1 saturated heterocycles. The number of methoxy groups -OCH3 is 1. The first-order chi connectivity index (χ1) is 9.50. The molecule has 0 bridgehead atoms. The van der Waals surface area contributed by atoms with Gasteiger partial charge < -0.3 is 9.84 Å². The van der Waals surface area contributed by atoms with Crippen LogP contribution in [0.15, 0.2) is 23.1 Å². The lowest BCUT2D eigenvalue weighted by atomic mass is 10.1. The second-order valence-corrected chi connectivity index (χ2v) is 7.04. The van der Waals surface area contributed by atoms with Crippen molar-refractivity contribution in [3.05, 3.63) is 23.2 Å². The zero-order valence-electron chi connectivity index (χ0n) is 11.3. The molecule has 1 atom stereocenters. The van der Waals surface area contributed by atoms with Crippen molar-refractivity contribution >= 4 is 21.6 Å². The van der Waals surface area contributed by atoms with Crippen LogP contribution in [0.1, 0.15) is 19.3 Å². The Morgan fingerprint density at radius 1 is 1.45 bits per heavy atom. The maximum Gasteiger partial charge on any atom is 0.243 e. The Morgan fingerprint density at radius 3 is 2.80 bits per heavy atom. The van der Waals surface area contributed by atoms with Gasteiger partial charge in [0.15, 0.2) is 0 Å². The average Bonchev–Trinajstić information content (AvgIpc) is 2.47. The van der Waals surface area contributed by atoms with E-state index in [0.29, 0.717) is 18.7 Å². The Balaban J connectivity index is 2.36. The van der Waals surface area contributed by atoms with Gasteiger partial charge in [-0.1, -0.05) is 18.0 Å². The van der Waals surface area contributed by atoms with Crippen molar-refractivity contribution in [2.45, 2.75) is 30.2 Å². The van der Waals surface area contributed by atoms with Gasteiger partial charge in [-0.15, -0.1) is 0 Å². The number of ether oxygens (including phenoxy) is 1. The SMILES string of the molecule is COc1ccc(S(=O)(=O)N2CCCCC2CO)cc1Cl. The number of sulfonamides is 1. The highest BCUT2D eigenvalue weighted by Gasteiger charge is 2.33. The molecule has 5 nitrogen and oxygen atoms in total. The number of nitrogens with zero attached hydrogens (tertiary/aromatic N) is 1. The summed E-state index contributed by atoms with van der Waals surface area (Å²) >= 11 is 5.99. The van der Waals surface area contributed by atoms with Gasteiger partial charge in [0.2, 0.25) is 10.0 Å². The van der Waals surface area contributed by atoms with E-state index >= 15 is 0 Å². The molecule has 112 valence electrons. The van der Waals surface area contributed by atoms with E-state index in [1.54, 1.807) is 0 Å². The van der Waals surface area contributed by atoms with Crippen LogP contribution in [-0.2, 0) is 10.0 Å². The molecule has 1 aromatic rings. The van der Waals surface area contributed by atoms with Crippen LogP contribution in [0.3, 0.4) is 0 Å². The molecule has 0 aromatic heterocycles. The Bertz CT molecular complexity index is 576. The quantitative estimate of drug-likeness (QED) is 0.920. The molecule has 1 fully saturated rings. The van der Waals surface area contributed by atoms with Gasteiger partial charge in [-0.25, -0.2) is 8.42 Å². The van der Waals surface area contributed by atoms with Gasteiger partial charge >= 0.3 is 0 Å². The lowest BCUT2D eigenvalue weighted by Gasteiger charge is -2.33. The third kappa shape index (κ3) is 2.93. The molecule has 0 spiro atoms. The molecule has 1 aromatic carbocycles. The third-order valence-electron chi connectivity index (χ3n) is 3.51. The number of aliphatic hydroxyl groups excluding tert-OH is 1. The lowest BCUT2D eigenvalue weighted by molar-refractivity contribution is 0.155. The zero-order valence-corrected chi connectivity index (χ0v) is 12.8. The summed E-state index contributed by atoms with van der Waals surface area (Å²) in [4.78, 5) is 0.128. The number of halogens is 1.